The summed E-state index contributed by atoms with van der Waals surface area (Å²) < 4.78 is 11.5. The highest BCUT2D eigenvalue weighted by Crippen LogP contribution is 2.24. The zero-order chi connectivity index (χ0) is 22.3. The van der Waals surface area contributed by atoms with Crippen LogP contribution in [0.25, 0.3) is 0 Å². The van der Waals surface area contributed by atoms with Crippen molar-refractivity contribution in [2.45, 2.75) is 32.4 Å². The number of furan rings is 1. The fourth-order valence-electron chi connectivity index (χ4n) is 4.25. The fourth-order valence-corrected chi connectivity index (χ4v) is 4.25. The van der Waals surface area contributed by atoms with Gasteiger partial charge in [0.1, 0.15) is 11.5 Å². The lowest BCUT2D eigenvalue weighted by Crippen LogP contribution is -2.46. The number of amides is 1. The summed E-state index contributed by atoms with van der Waals surface area (Å²) in [6.45, 7) is 7.35. The highest BCUT2D eigenvalue weighted by atomic mass is 16.5. The number of hydrogen-bond acceptors (Lipinski definition) is 5. The molecule has 0 aliphatic carbocycles. The molecule has 172 valence electrons. The molecular formula is C24H33N5O3. The Labute approximate surface area is 189 Å². The number of aliphatic imine (C=N–C) groups is 1. The van der Waals surface area contributed by atoms with Crippen LogP contribution in [0.3, 0.4) is 0 Å². The van der Waals surface area contributed by atoms with Crippen molar-refractivity contribution >= 4 is 17.6 Å². The number of guanidine groups is 1. The Bertz CT molecular complexity index is 918. The highest BCUT2D eigenvalue weighted by molar-refractivity contribution is 5.95. The maximum atomic E-state index is 11.9. The van der Waals surface area contributed by atoms with Crippen LogP contribution in [-0.2, 0) is 16.1 Å². The predicted molar refractivity (Wildman–Crippen MR) is 125 cm³/mol. The number of anilines is 1. The molecule has 8 nitrogen and oxygen atoms in total. The lowest BCUT2D eigenvalue weighted by Gasteiger charge is -2.33. The summed E-state index contributed by atoms with van der Waals surface area (Å²) in [6, 6.07) is 12.3. The van der Waals surface area contributed by atoms with Gasteiger partial charge in [0.15, 0.2) is 5.96 Å². The second-order valence-corrected chi connectivity index (χ2v) is 8.23. The Kier molecular flexibility index (Phi) is 7.44. The lowest BCUT2D eigenvalue weighted by molar-refractivity contribution is -0.117. The molecule has 1 aromatic heterocycles. The number of ether oxygens (including phenoxy) is 1. The largest absolute Gasteiger partial charge is 0.465 e. The summed E-state index contributed by atoms with van der Waals surface area (Å²) in [6.07, 6.45) is 1.58. The SMILES string of the molecule is CN=C(NCc1ccc(N2CCCC2=O)cc1)NCC(c1ccc(C)o1)N1CCOCC1. The van der Waals surface area contributed by atoms with Gasteiger partial charge in [-0.05, 0) is 43.2 Å². The van der Waals surface area contributed by atoms with E-state index in [0.717, 1.165) is 68.0 Å². The number of carbonyl (C=O) groups is 1. The normalized spacial score (nSPS) is 18.8. The Morgan fingerprint density at radius 3 is 2.50 bits per heavy atom. The molecule has 2 aliphatic heterocycles. The standard InChI is InChI=1S/C24H33N5O3/c1-18-5-10-22(32-18)21(28-12-14-31-15-13-28)17-27-24(25-2)26-16-19-6-8-20(9-7-19)29-11-3-4-23(29)30/h5-10,21H,3-4,11-17H2,1-2H3,(H2,25,26,27). The van der Waals surface area contributed by atoms with E-state index < -0.39 is 0 Å². The molecule has 2 saturated heterocycles. The van der Waals surface area contributed by atoms with Gasteiger partial charge in [-0.3, -0.25) is 14.7 Å². The van der Waals surface area contributed by atoms with Crippen molar-refractivity contribution in [3.05, 3.63) is 53.5 Å². The maximum Gasteiger partial charge on any atom is 0.227 e. The summed E-state index contributed by atoms with van der Waals surface area (Å²) in [5, 5.41) is 6.83. The zero-order valence-corrected chi connectivity index (χ0v) is 19.0. The fraction of sp³-hybridized carbons (Fsp3) is 0.500. The number of morpholine rings is 1. The van der Waals surface area contributed by atoms with Gasteiger partial charge < -0.3 is 24.7 Å². The van der Waals surface area contributed by atoms with Gasteiger partial charge in [0, 0.05) is 51.9 Å². The van der Waals surface area contributed by atoms with E-state index in [9.17, 15) is 4.79 Å². The van der Waals surface area contributed by atoms with Crippen molar-refractivity contribution in [1.29, 1.82) is 0 Å². The third-order valence-corrected chi connectivity index (χ3v) is 6.04. The van der Waals surface area contributed by atoms with E-state index in [1.807, 2.05) is 30.0 Å². The average Bonchev–Trinajstić information content (AvgIpc) is 3.45. The first-order valence-electron chi connectivity index (χ1n) is 11.4. The number of benzene rings is 1. The monoisotopic (exact) mass is 439 g/mol. The molecule has 0 radical (unpaired) electrons. The van der Waals surface area contributed by atoms with E-state index in [-0.39, 0.29) is 11.9 Å². The van der Waals surface area contributed by atoms with Gasteiger partial charge in [-0.25, -0.2) is 0 Å². The molecule has 1 aromatic carbocycles. The molecule has 0 bridgehead atoms. The number of carbonyl (C=O) groups excluding carboxylic acids is 1. The number of aryl methyl sites for hydroxylation is 1. The number of hydrogen-bond donors (Lipinski definition) is 2. The van der Waals surface area contributed by atoms with Crippen LogP contribution in [0.15, 0.2) is 45.8 Å². The van der Waals surface area contributed by atoms with Crippen LogP contribution in [0.1, 0.15) is 36.0 Å². The van der Waals surface area contributed by atoms with Gasteiger partial charge >= 0.3 is 0 Å². The smallest absolute Gasteiger partial charge is 0.227 e. The first kappa shape index (κ1) is 22.4. The molecule has 1 unspecified atom stereocenters. The van der Waals surface area contributed by atoms with Gasteiger partial charge in [-0.1, -0.05) is 12.1 Å². The van der Waals surface area contributed by atoms with E-state index in [1.165, 1.54) is 0 Å². The minimum Gasteiger partial charge on any atom is -0.465 e. The molecule has 0 spiro atoms. The van der Waals surface area contributed by atoms with Crippen LogP contribution in [-0.4, -0.2) is 63.2 Å². The van der Waals surface area contributed by atoms with Gasteiger partial charge in [-0.2, -0.15) is 0 Å². The Hall–Kier alpha value is -2.84. The molecule has 2 N–H and O–H groups in total. The van der Waals surface area contributed by atoms with E-state index in [1.54, 1.807) is 7.05 Å². The summed E-state index contributed by atoms with van der Waals surface area (Å²) >= 11 is 0. The van der Waals surface area contributed by atoms with Crippen LogP contribution in [0.4, 0.5) is 5.69 Å². The van der Waals surface area contributed by atoms with Crippen LogP contribution >= 0.6 is 0 Å². The Morgan fingerprint density at radius 2 is 1.88 bits per heavy atom. The van der Waals surface area contributed by atoms with Crippen LogP contribution in [0.2, 0.25) is 0 Å². The van der Waals surface area contributed by atoms with Crippen molar-refractivity contribution < 1.29 is 13.9 Å². The molecule has 2 aromatic rings. The summed E-state index contributed by atoms with van der Waals surface area (Å²) in [5.74, 6) is 2.83. The van der Waals surface area contributed by atoms with Crippen molar-refractivity contribution in [3.8, 4) is 0 Å². The first-order chi connectivity index (χ1) is 15.6. The van der Waals surface area contributed by atoms with Crippen molar-refractivity contribution in [2.75, 3.05) is 51.3 Å². The molecular weight excluding hydrogens is 406 g/mol. The van der Waals surface area contributed by atoms with E-state index in [2.05, 4.69) is 38.7 Å². The molecule has 32 heavy (non-hydrogen) atoms. The maximum absolute atomic E-state index is 11.9. The predicted octanol–water partition coefficient (Wildman–Crippen LogP) is 2.45. The van der Waals surface area contributed by atoms with E-state index >= 15 is 0 Å². The van der Waals surface area contributed by atoms with Gasteiger partial charge in [0.25, 0.3) is 0 Å². The molecule has 0 saturated carbocycles. The summed E-state index contributed by atoms with van der Waals surface area (Å²) in [4.78, 5) is 20.6. The number of rotatable bonds is 7. The van der Waals surface area contributed by atoms with Crippen molar-refractivity contribution in [1.82, 2.24) is 15.5 Å². The molecule has 4 rings (SSSR count). The zero-order valence-electron chi connectivity index (χ0n) is 19.0. The first-order valence-corrected chi connectivity index (χ1v) is 11.4. The highest BCUT2D eigenvalue weighted by Gasteiger charge is 2.25. The third-order valence-electron chi connectivity index (χ3n) is 6.04. The quantitative estimate of drug-likeness (QED) is 0.510. The van der Waals surface area contributed by atoms with Crippen molar-refractivity contribution in [3.63, 3.8) is 0 Å². The van der Waals surface area contributed by atoms with E-state index in [4.69, 9.17) is 9.15 Å². The second kappa shape index (κ2) is 10.7. The lowest BCUT2D eigenvalue weighted by atomic mass is 10.1. The number of nitrogens with zero attached hydrogens (tertiary/aromatic N) is 3. The third kappa shape index (κ3) is 5.49. The molecule has 8 heteroatoms. The Morgan fingerprint density at radius 1 is 1.09 bits per heavy atom. The van der Waals surface area contributed by atoms with Gasteiger partial charge in [0.05, 0.1) is 19.3 Å². The van der Waals surface area contributed by atoms with Crippen LogP contribution in [0, 0.1) is 6.92 Å². The summed E-state index contributed by atoms with van der Waals surface area (Å²) in [7, 11) is 1.78. The second-order valence-electron chi connectivity index (χ2n) is 8.23. The van der Waals surface area contributed by atoms with Crippen LogP contribution < -0.4 is 15.5 Å². The average molecular weight is 440 g/mol. The minimum absolute atomic E-state index is 0.114. The molecule has 1 amide bonds. The molecule has 3 heterocycles. The topological polar surface area (TPSA) is 82.3 Å². The molecule has 1 atom stereocenters. The summed E-state index contributed by atoms with van der Waals surface area (Å²) in [5.41, 5.74) is 2.11. The number of nitrogens with one attached hydrogen (secondary N) is 2. The van der Waals surface area contributed by atoms with E-state index in [0.29, 0.717) is 19.5 Å². The van der Waals surface area contributed by atoms with Gasteiger partial charge in [0.2, 0.25) is 5.91 Å². The van der Waals surface area contributed by atoms with Crippen molar-refractivity contribution in [2.24, 2.45) is 4.99 Å². The minimum atomic E-state index is 0.114. The molecule has 2 aliphatic rings. The van der Waals surface area contributed by atoms with Gasteiger partial charge in [-0.15, -0.1) is 0 Å². The molecule has 2 fully saturated rings. The Balaban J connectivity index is 1.32. The van der Waals surface area contributed by atoms with Crippen LogP contribution in [0.5, 0.6) is 0 Å².